The molecule has 0 saturated heterocycles. The molecule has 0 bridgehead atoms. The van der Waals surface area contributed by atoms with Gasteiger partial charge in [-0.3, -0.25) is 0 Å². The Labute approximate surface area is 110 Å². The van der Waals surface area contributed by atoms with Crippen LogP contribution in [0.15, 0.2) is 76.2 Å². The summed E-state index contributed by atoms with van der Waals surface area (Å²) in [6.45, 7) is 0. The summed E-state index contributed by atoms with van der Waals surface area (Å²) in [5.41, 5.74) is 1.66. The molecule has 5 heteroatoms. The Balaban J connectivity index is 2.28. The van der Waals surface area contributed by atoms with Gasteiger partial charge in [0, 0.05) is 29.5 Å². The van der Waals surface area contributed by atoms with Crippen LogP contribution < -0.4 is 4.59 Å². The van der Waals surface area contributed by atoms with Crippen LogP contribution in [0.25, 0.3) is 0 Å². The zero-order valence-electron chi connectivity index (χ0n) is 10.0. The molecule has 5 nitrogen and oxygen atoms in total. The molecule has 0 fully saturated rings. The van der Waals surface area contributed by atoms with E-state index in [4.69, 9.17) is 0 Å². The Kier molecular flexibility index (Phi) is 2.63. The highest BCUT2D eigenvalue weighted by Crippen LogP contribution is 2.38. The Morgan fingerprint density at radius 1 is 0.842 bits per heavy atom. The minimum absolute atomic E-state index is 0.113. The molecule has 3 rings (SSSR count). The van der Waals surface area contributed by atoms with Crippen molar-refractivity contribution in [3.63, 3.8) is 0 Å². The third-order valence-electron chi connectivity index (χ3n) is 2.98. The first-order valence-corrected chi connectivity index (χ1v) is 5.79. The quantitative estimate of drug-likeness (QED) is 0.750. The van der Waals surface area contributed by atoms with Gasteiger partial charge in [-0.2, -0.15) is 5.26 Å². The molecule has 0 spiro atoms. The number of amidine groups is 1. The summed E-state index contributed by atoms with van der Waals surface area (Å²) < 4.78 is -0.113. The molecule has 90 valence electrons. The Morgan fingerprint density at radius 2 is 1.37 bits per heavy atom. The number of hydrogen-bond donors (Lipinski definition) is 0. The molecule has 0 saturated carbocycles. The van der Waals surface area contributed by atoms with E-state index in [1.54, 1.807) is 0 Å². The third kappa shape index (κ3) is 1.63. The van der Waals surface area contributed by atoms with Gasteiger partial charge in [-0.25, -0.2) is 0 Å². The lowest BCUT2D eigenvalue weighted by molar-refractivity contribution is 0.577. The lowest BCUT2D eigenvalue weighted by Gasteiger charge is -2.23. The van der Waals surface area contributed by atoms with Gasteiger partial charge >= 0.3 is 5.84 Å². The highest BCUT2D eigenvalue weighted by atomic mass is 15.8. The molecule has 0 unspecified atom stereocenters. The largest absolute Gasteiger partial charge is 0.366 e. The van der Waals surface area contributed by atoms with Gasteiger partial charge in [-0.15, -0.1) is 0 Å². The van der Waals surface area contributed by atoms with Crippen LogP contribution in [0.2, 0.25) is 0 Å². The molecule has 0 amide bonds. The Bertz CT molecular complexity index is 643. The summed E-state index contributed by atoms with van der Waals surface area (Å²) in [7, 11) is 0. The highest BCUT2D eigenvalue weighted by Gasteiger charge is 2.45. The molecule has 0 atom stereocenters. The molecule has 1 heterocycles. The minimum atomic E-state index is -0.113. The van der Waals surface area contributed by atoms with Crippen molar-refractivity contribution in [3.8, 4) is 6.07 Å². The average Bonchev–Trinajstić information content (AvgIpc) is 2.94. The monoisotopic (exact) mass is 248 g/mol. The lowest BCUT2D eigenvalue weighted by atomic mass is 10.2. The zero-order chi connectivity index (χ0) is 13.1. The van der Waals surface area contributed by atoms with Crippen LogP contribution in [-0.4, -0.2) is 5.84 Å². The second kappa shape index (κ2) is 4.44. The average molecular weight is 248 g/mol. The van der Waals surface area contributed by atoms with Gasteiger partial charge in [0.15, 0.2) is 17.4 Å². The molecule has 0 aromatic heterocycles. The van der Waals surface area contributed by atoms with E-state index in [9.17, 15) is 5.26 Å². The van der Waals surface area contributed by atoms with Crippen molar-refractivity contribution < 1.29 is 0 Å². The van der Waals surface area contributed by atoms with E-state index in [2.05, 4.69) is 21.6 Å². The van der Waals surface area contributed by atoms with Crippen molar-refractivity contribution in [2.24, 2.45) is 15.5 Å². The van der Waals surface area contributed by atoms with Gasteiger partial charge in [0.1, 0.15) is 0 Å². The van der Waals surface area contributed by atoms with Gasteiger partial charge in [-0.1, -0.05) is 46.1 Å². The van der Waals surface area contributed by atoms with Gasteiger partial charge in [-0.05, 0) is 0 Å². The molecule has 2 aromatic rings. The van der Waals surface area contributed by atoms with Crippen molar-refractivity contribution in [2.75, 3.05) is 0 Å². The fraction of sp³-hybridized carbons (Fsp3) is 0. The topological polar surface area (TPSA) is 60.9 Å². The molecular formula is C14H10N5+. The van der Waals surface area contributed by atoms with E-state index in [0.29, 0.717) is 0 Å². The number of nitriles is 1. The predicted octanol–water partition coefficient (Wildman–Crippen LogP) is 3.54. The van der Waals surface area contributed by atoms with E-state index >= 15 is 0 Å². The van der Waals surface area contributed by atoms with Crippen LogP contribution in [0.4, 0.5) is 11.4 Å². The van der Waals surface area contributed by atoms with E-state index in [1.807, 2.05) is 60.7 Å². The van der Waals surface area contributed by atoms with Crippen molar-refractivity contribution in [1.29, 1.82) is 5.26 Å². The molecule has 1 aliphatic heterocycles. The standard InChI is InChI=1S/C14H10N5/c15-11-14-16-17-18-19(14,12-7-3-1-4-8-12)13-9-5-2-6-10-13/h1-10H/q+1. The maximum atomic E-state index is 9.31. The van der Waals surface area contributed by atoms with Crippen molar-refractivity contribution in [3.05, 3.63) is 60.7 Å². The molecule has 2 aromatic carbocycles. The summed E-state index contributed by atoms with van der Waals surface area (Å²) in [6.07, 6.45) is 0. The van der Waals surface area contributed by atoms with Crippen LogP contribution in [0.3, 0.4) is 0 Å². The van der Waals surface area contributed by atoms with Gasteiger partial charge in [0.25, 0.3) is 0 Å². The second-order valence-corrected chi connectivity index (χ2v) is 4.02. The molecule has 0 radical (unpaired) electrons. The first-order valence-electron chi connectivity index (χ1n) is 5.79. The van der Waals surface area contributed by atoms with Crippen LogP contribution >= 0.6 is 0 Å². The number of rotatable bonds is 2. The predicted molar refractivity (Wildman–Crippen MR) is 72.2 cm³/mol. The number of nitrogens with zero attached hydrogens (tertiary/aromatic N) is 5. The van der Waals surface area contributed by atoms with Crippen molar-refractivity contribution in [2.45, 2.75) is 0 Å². The molecule has 0 aliphatic carbocycles. The molecular weight excluding hydrogens is 238 g/mol. The number of quaternary nitrogens is 1. The zero-order valence-corrected chi connectivity index (χ0v) is 10.0. The van der Waals surface area contributed by atoms with Crippen molar-refractivity contribution >= 4 is 17.2 Å². The maximum absolute atomic E-state index is 9.31. The van der Waals surface area contributed by atoms with Crippen molar-refractivity contribution in [1.82, 2.24) is 4.59 Å². The fourth-order valence-corrected chi connectivity index (χ4v) is 2.11. The summed E-state index contributed by atoms with van der Waals surface area (Å²) >= 11 is 0. The van der Waals surface area contributed by atoms with Crippen LogP contribution in [0.5, 0.6) is 0 Å². The number of hydrogen-bond acceptors (Lipinski definition) is 4. The van der Waals surface area contributed by atoms with E-state index in [0.717, 1.165) is 11.4 Å². The summed E-state index contributed by atoms with van der Waals surface area (Å²) in [5.74, 6) is 0.234. The normalized spacial score (nSPS) is 15.8. The van der Waals surface area contributed by atoms with E-state index in [-0.39, 0.29) is 10.4 Å². The van der Waals surface area contributed by atoms with Gasteiger partial charge in [0.2, 0.25) is 0 Å². The molecule has 19 heavy (non-hydrogen) atoms. The smallest absolute Gasteiger partial charge is 0.185 e. The minimum Gasteiger partial charge on any atom is -0.185 e. The van der Waals surface area contributed by atoms with E-state index in [1.165, 1.54) is 0 Å². The summed E-state index contributed by atoms with van der Waals surface area (Å²) in [6, 6.07) is 21.2. The summed E-state index contributed by atoms with van der Waals surface area (Å²) in [5, 5.41) is 21.1. The van der Waals surface area contributed by atoms with Crippen LogP contribution in [-0.2, 0) is 0 Å². The van der Waals surface area contributed by atoms with Gasteiger partial charge in [0.05, 0.1) is 5.22 Å². The van der Waals surface area contributed by atoms with Crippen LogP contribution in [0, 0.1) is 11.3 Å². The van der Waals surface area contributed by atoms with E-state index < -0.39 is 0 Å². The van der Waals surface area contributed by atoms with Crippen LogP contribution in [0.1, 0.15) is 0 Å². The molecule has 0 N–H and O–H groups in total. The SMILES string of the molecule is N#CC1=NN=N[N+]1(c1ccccc1)c1ccccc1. The molecule has 1 aliphatic rings. The second-order valence-electron chi connectivity index (χ2n) is 4.02. The Hall–Kier alpha value is -2.84. The number of para-hydroxylation sites is 2. The fourth-order valence-electron chi connectivity index (χ4n) is 2.11. The maximum Gasteiger partial charge on any atom is 0.366 e. The third-order valence-corrected chi connectivity index (χ3v) is 2.98. The first-order chi connectivity index (χ1) is 9.38. The van der Waals surface area contributed by atoms with Gasteiger partial charge < -0.3 is 0 Å². The Morgan fingerprint density at radius 3 is 1.84 bits per heavy atom. The highest BCUT2D eigenvalue weighted by molar-refractivity contribution is 6.08. The number of benzene rings is 2. The summed E-state index contributed by atoms with van der Waals surface area (Å²) in [4.78, 5) is 0. The first kappa shape index (κ1) is 11.3. The lowest BCUT2D eigenvalue weighted by Crippen LogP contribution is -2.41.